The highest BCUT2D eigenvalue weighted by atomic mass is 16.5. The summed E-state index contributed by atoms with van der Waals surface area (Å²) in [5, 5.41) is 0. The lowest BCUT2D eigenvalue weighted by Gasteiger charge is -2.14. The van der Waals surface area contributed by atoms with Crippen molar-refractivity contribution >= 4 is 0 Å². The molecule has 0 saturated heterocycles. The van der Waals surface area contributed by atoms with Crippen LogP contribution in [0.5, 0.6) is 5.75 Å². The lowest BCUT2D eigenvalue weighted by Crippen LogP contribution is -2.09. The van der Waals surface area contributed by atoms with Crippen molar-refractivity contribution in [3.8, 4) is 5.75 Å². The third-order valence-electron chi connectivity index (χ3n) is 2.41. The summed E-state index contributed by atoms with van der Waals surface area (Å²) < 4.78 is 10.7. The second-order valence-electron chi connectivity index (χ2n) is 4.02. The van der Waals surface area contributed by atoms with Crippen LogP contribution in [0.3, 0.4) is 0 Å². The minimum Gasteiger partial charge on any atom is -0.493 e. The molecule has 1 rings (SSSR count). The van der Waals surface area contributed by atoms with Crippen molar-refractivity contribution in [2.75, 3.05) is 20.3 Å². The fourth-order valence-electron chi connectivity index (χ4n) is 1.54. The largest absolute Gasteiger partial charge is 0.493 e. The van der Waals surface area contributed by atoms with E-state index in [1.807, 2.05) is 19.1 Å². The zero-order valence-electron chi connectivity index (χ0n) is 10.3. The average Bonchev–Trinajstić information content (AvgIpc) is 2.26. The Hall–Kier alpha value is -1.06. The van der Waals surface area contributed by atoms with Gasteiger partial charge >= 0.3 is 0 Å². The molecule has 2 N–H and O–H groups in total. The Balaban J connectivity index is 2.64. The Kier molecular flexibility index (Phi) is 5.29. The Morgan fingerprint density at radius 1 is 1.31 bits per heavy atom. The lowest BCUT2D eigenvalue weighted by atomic mass is 10.1. The number of hydrogen-bond acceptors (Lipinski definition) is 3. The second-order valence-corrected chi connectivity index (χ2v) is 4.02. The van der Waals surface area contributed by atoms with E-state index in [-0.39, 0.29) is 6.04 Å². The fourth-order valence-corrected chi connectivity index (χ4v) is 1.54. The SMILES string of the molecule is COCCCOc1ccc(C)cc1[C@H](C)N. The molecule has 0 aliphatic carbocycles. The molecule has 1 aromatic rings. The van der Waals surface area contributed by atoms with Crippen molar-refractivity contribution in [1.29, 1.82) is 0 Å². The van der Waals surface area contributed by atoms with Crippen LogP contribution in [0.2, 0.25) is 0 Å². The average molecular weight is 223 g/mol. The smallest absolute Gasteiger partial charge is 0.124 e. The predicted molar refractivity (Wildman–Crippen MR) is 65.8 cm³/mol. The van der Waals surface area contributed by atoms with Crippen LogP contribution in [0.4, 0.5) is 0 Å². The van der Waals surface area contributed by atoms with Gasteiger partial charge in [0.2, 0.25) is 0 Å². The van der Waals surface area contributed by atoms with Crippen molar-refractivity contribution in [1.82, 2.24) is 0 Å². The van der Waals surface area contributed by atoms with Gasteiger partial charge in [-0.3, -0.25) is 0 Å². The molecule has 0 saturated carbocycles. The second kappa shape index (κ2) is 6.51. The standard InChI is InChI=1S/C13H21NO2/c1-10-5-6-13(12(9-10)11(2)14)16-8-4-7-15-3/h5-6,9,11H,4,7-8,14H2,1-3H3/t11-/m0/s1. The molecular formula is C13H21NO2. The summed E-state index contributed by atoms with van der Waals surface area (Å²) in [7, 11) is 1.69. The van der Waals surface area contributed by atoms with Gasteiger partial charge in [0.1, 0.15) is 5.75 Å². The van der Waals surface area contributed by atoms with Crippen LogP contribution in [0.15, 0.2) is 18.2 Å². The molecule has 3 nitrogen and oxygen atoms in total. The topological polar surface area (TPSA) is 44.5 Å². The first-order valence-corrected chi connectivity index (χ1v) is 5.63. The van der Waals surface area contributed by atoms with Gasteiger partial charge in [0.05, 0.1) is 6.61 Å². The monoisotopic (exact) mass is 223 g/mol. The Morgan fingerprint density at radius 3 is 2.69 bits per heavy atom. The minimum absolute atomic E-state index is 0.00248. The number of hydrogen-bond donors (Lipinski definition) is 1. The van der Waals surface area contributed by atoms with Gasteiger partial charge < -0.3 is 15.2 Å². The summed E-state index contributed by atoms with van der Waals surface area (Å²) in [6.45, 7) is 5.41. The molecule has 0 aliphatic rings. The molecular weight excluding hydrogens is 202 g/mol. The van der Waals surface area contributed by atoms with E-state index >= 15 is 0 Å². The molecule has 0 heterocycles. The van der Waals surface area contributed by atoms with E-state index in [4.69, 9.17) is 15.2 Å². The van der Waals surface area contributed by atoms with Crippen molar-refractivity contribution in [2.45, 2.75) is 26.3 Å². The molecule has 1 aromatic carbocycles. The zero-order chi connectivity index (χ0) is 12.0. The van der Waals surface area contributed by atoms with Crippen LogP contribution >= 0.6 is 0 Å². The number of aryl methyl sites for hydroxylation is 1. The number of nitrogens with two attached hydrogens (primary N) is 1. The summed E-state index contributed by atoms with van der Waals surface area (Å²) in [6, 6.07) is 6.10. The molecule has 3 heteroatoms. The minimum atomic E-state index is -0.00248. The van der Waals surface area contributed by atoms with E-state index in [9.17, 15) is 0 Å². The quantitative estimate of drug-likeness (QED) is 0.753. The van der Waals surface area contributed by atoms with Gasteiger partial charge in [-0.2, -0.15) is 0 Å². The third kappa shape index (κ3) is 3.83. The number of benzene rings is 1. The summed E-state index contributed by atoms with van der Waals surface area (Å²) in [4.78, 5) is 0. The van der Waals surface area contributed by atoms with Crippen molar-refractivity contribution < 1.29 is 9.47 Å². The summed E-state index contributed by atoms with van der Waals surface area (Å²) in [5.74, 6) is 0.886. The van der Waals surface area contributed by atoms with E-state index in [1.165, 1.54) is 5.56 Å². The Bertz CT molecular complexity index is 324. The first kappa shape index (κ1) is 13.0. The maximum atomic E-state index is 5.91. The molecule has 0 unspecified atom stereocenters. The van der Waals surface area contributed by atoms with Crippen molar-refractivity contribution in [2.24, 2.45) is 5.73 Å². The fraction of sp³-hybridized carbons (Fsp3) is 0.538. The van der Waals surface area contributed by atoms with Gasteiger partial charge in [-0.25, -0.2) is 0 Å². The zero-order valence-corrected chi connectivity index (χ0v) is 10.3. The predicted octanol–water partition coefficient (Wildman–Crippen LogP) is 2.43. The molecule has 1 atom stereocenters. The van der Waals surface area contributed by atoms with Crippen molar-refractivity contribution in [3.05, 3.63) is 29.3 Å². The highest BCUT2D eigenvalue weighted by molar-refractivity contribution is 5.38. The van der Waals surface area contributed by atoms with Crippen LogP contribution in [-0.2, 0) is 4.74 Å². The van der Waals surface area contributed by atoms with Gasteiger partial charge in [-0.05, 0) is 19.9 Å². The van der Waals surface area contributed by atoms with Crippen LogP contribution < -0.4 is 10.5 Å². The van der Waals surface area contributed by atoms with E-state index in [2.05, 4.69) is 13.0 Å². The molecule has 0 bridgehead atoms. The van der Waals surface area contributed by atoms with Gasteiger partial charge in [0.15, 0.2) is 0 Å². The Labute approximate surface area is 97.6 Å². The van der Waals surface area contributed by atoms with Gasteiger partial charge in [0.25, 0.3) is 0 Å². The molecule has 16 heavy (non-hydrogen) atoms. The van der Waals surface area contributed by atoms with Crippen molar-refractivity contribution in [3.63, 3.8) is 0 Å². The normalized spacial score (nSPS) is 12.5. The van der Waals surface area contributed by atoms with E-state index in [0.717, 1.165) is 24.3 Å². The molecule has 0 radical (unpaired) electrons. The van der Waals surface area contributed by atoms with E-state index in [0.29, 0.717) is 6.61 Å². The number of rotatable bonds is 6. The maximum Gasteiger partial charge on any atom is 0.124 e. The number of methoxy groups -OCH3 is 1. The van der Waals surface area contributed by atoms with Crippen LogP contribution in [0, 0.1) is 6.92 Å². The van der Waals surface area contributed by atoms with E-state index in [1.54, 1.807) is 7.11 Å². The van der Waals surface area contributed by atoms with Gasteiger partial charge in [0, 0.05) is 31.7 Å². The lowest BCUT2D eigenvalue weighted by molar-refractivity contribution is 0.171. The molecule has 0 aromatic heterocycles. The summed E-state index contributed by atoms with van der Waals surface area (Å²) in [6.07, 6.45) is 0.892. The molecule has 0 aliphatic heterocycles. The summed E-state index contributed by atoms with van der Waals surface area (Å²) >= 11 is 0. The van der Waals surface area contributed by atoms with Crippen LogP contribution in [0.25, 0.3) is 0 Å². The number of ether oxygens (including phenoxy) is 2. The van der Waals surface area contributed by atoms with Gasteiger partial charge in [-0.1, -0.05) is 17.7 Å². The summed E-state index contributed by atoms with van der Waals surface area (Å²) in [5.41, 5.74) is 8.18. The first-order valence-electron chi connectivity index (χ1n) is 5.63. The third-order valence-corrected chi connectivity index (χ3v) is 2.41. The molecule has 0 spiro atoms. The first-order chi connectivity index (χ1) is 7.65. The van der Waals surface area contributed by atoms with Gasteiger partial charge in [-0.15, -0.1) is 0 Å². The molecule has 0 fully saturated rings. The van der Waals surface area contributed by atoms with Crippen LogP contribution in [0.1, 0.15) is 30.5 Å². The highest BCUT2D eigenvalue weighted by Gasteiger charge is 2.07. The maximum absolute atomic E-state index is 5.91. The van der Waals surface area contributed by atoms with E-state index < -0.39 is 0 Å². The molecule has 0 amide bonds. The molecule has 90 valence electrons. The highest BCUT2D eigenvalue weighted by Crippen LogP contribution is 2.25. The van der Waals surface area contributed by atoms with Crippen LogP contribution in [-0.4, -0.2) is 20.3 Å². The Morgan fingerprint density at radius 2 is 2.06 bits per heavy atom.